The maximum atomic E-state index is 13.1. The Morgan fingerprint density at radius 1 is 1.07 bits per heavy atom. The van der Waals surface area contributed by atoms with Crippen LogP contribution in [0.25, 0.3) is 6.08 Å². The minimum absolute atomic E-state index is 0.00833. The van der Waals surface area contributed by atoms with E-state index in [1.165, 1.54) is 41.5 Å². The van der Waals surface area contributed by atoms with E-state index in [4.69, 9.17) is 0 Å². The van der Waals surface area contributed by atoms with Crippen molar-refractivity contribution >= 4 is 12.0 Å². The van der Waals surface area contributed by atoms with Crippen LogP contribution in [0.1, 0.15) is 35.1 Å². The number of carbonyl (C=O) groups is 1. The van der Waals surface area contributed by atoms with Crippen molar-refractivity contribution in [1.29, 1.82) is 0 Å². The molecule has 2 aromatic carbocycles. The molecule has 2 aliphatic heterocycles. The maximum absolute atomic E-state index is 13.1. The molecule has 0 radical (unpaired) electrons. The first-order chi connectivity index (χ1) is 14.3. The van der Waals surface area contributed by atoms with Crippen LogP contribution in [0.2, 0.25) is 0 Å². The first-order valence-electron chi connectivity index (χ1n) is 9.96. The number of fused-ring (bicyclic) bond motifs is 2. The van der Waals surface area contributed by atoms with Crippen molar-refractivity contribution in [3.05, 3.63) is 89.1 Å². The number of carbonyl (C=O) groups excluding carboxylic acids is 1. The lowest BCUT2D eigenvalue weighted by Gasteiger charge is -2.47. The van der Waals surface area contributed by atoms with E-state index in [1.54, 1.807) is 4.90 Å². The summed E-state index contributed by atoms with van der Waals surface area (Å²) in [6.07, 6.45) is 0.282. The molecule has 2 aliphatic rings. The van der Waals surface area contributed by atoms with Crippen molar-refractivity contribution in [3.63, 3.8) is 0 Å². The summed E-state index contributed by atoms with van der Waals surface area (Å²) >= 11 is 0. The molecule has 0 unspecified atom stereocenters. The molecular formula is C24H23F3N2O. The summed E-state index contributed by atoms with van der Waals surface area (Å²) in [6, 6.07) is 13.5. The summed E-state index contributed by atoms with van der Waals surface area (Å²) in [4.78, 5) is 14.3. The smallest absolute Gasteiger partial charge is 0.379 e. The van der Waals surface area contributed by atoms with E-state index in [9.17, 15) is 18.0 Å². The summed E-state index contributed by atoms with van der Waals surface area (Å²) in [6.45, 7) is 5.17. The highest BCUT2D eigenvalue weighted by atomic mass is 19.4. The molecule has 0 aliphatic carbocycles. The third kappa shape index (κ3) is 3.86. The number of likely N-dealkylation sites (tertiary alicyclic amines) is 1. The fourth-order valence-corrected chi connectivity index (χ4v) is 4.49. The van der Waals surface area contributed by atoms with E-state index >= 15 is 0 Å². The number of halogens is 3. The number of nitrogens with one attached hydrogen (secondary N) is 1. The maximum Gasteiger partial charge on any atom is 0.416 e. The number of rotatable bonds is 2. The van der Waals surface area contributed by atoms with E-state index in [0.717, 1.165) is 31.0 Å². The molecule has 1 N–H and O–H groups in total. The van der Waals surface area contributed by atoms with Crippen molar-refractivity contribution in [2.75, 3.05) is 13.1 Å². The first kappa shape index (κ1) is 20.3. The minimum atomic E-state index is -4.45. The second kappa shape index (κ2) is 7.67. The van der Waals surface area contributed by atoms with Crippen LogP contribution >= 0.6 is 0 Å². The molecule has 30 heavy (non-hydrogen) atoms. The standard InChI is InChI=1S/C24H23F3N2O/c1-17-16-19-7-3-4-8-20(19)23(28-17)12-14-29(15-13-23)22(30)11-10-18-6-2-5-9-21(18)24(25,26)27/h2-11,28H,1,12-16H2/b11-10+. The van der Waals surface area contributed by atoms with Crippen molar-refractivity contribution in [2.24, 2.45) is 0 Å². The Balaban J connectivity index is 1.48. The largest absolute Gasteiger partial charge is 0.416 e. The molecule has 156 valence electrons. The molecule has 1 saturated heterocycles. The monoisotopic (exact) mass is 412 g/mol. The van der Waals surface area contributed by atoms with Gasteiger partial charge in [0.1, 0.15) is 0 Å². The number of hydrogen-bond acceptors (Lipinski definition) is 2. The average Bonchev–Trinajstić information content (AvgIpc) is 2.72. The number of piperidine rings is 1. The fourth-order valence-electron chi connectivity index (χ4n) is 4.49. The van der Waals surface area contributed by atoms with Gasteiger partial charge in [-0.25, -0.2) is 0 Å². The second-order valence-corrected chi connectivity index (χ2v) is 7.89. The molecule has 4 rings (SSSR count). The van der Waals surface area contributed by atoms with Crippen LogP contribution in [0.4, 0.5) is 13.2 Å². The molecule has 0 bridgehead atoms. The number of alkyl halides is 3. The van der Waals surface area contributed by atoms with Gasteiger partial charge in [0.2, 0.25) is 5.91 Å². The number of allylic oxidation sites excluding steroid dienone is 1. The van der Waals surface area contributed by atoms with Gasteiger partial charge in [-0.1, -0.05) is 49.0 Å². The summed E-state index contributed by atoms with van der Waals surface area (Å²) in [5.41, 5.74) is 2.48. The topological polar surface area (TPSA) is 32.3 Å². The van der Waals surface area contributed by atoms with Gasteiger partial charge in [-0.05, 0) is 41.7 Å². The molecule has 0 atom stereocenters. The zero-order chi connectivity index (χ0) is 21.4. The Labute approximate surface area is 173 Å². The Bertz CT molecular complexity index is 1000. The van der Waals surface area contributed by atoms with E-state index in [0.29, 0.717) is 13.1 Å². The molecular weight excluding hydrogens is 389 g/mol. The van der Waals surface area contributed by atoms with Crippen LogP contribution in [0.5, 0.6) is 0 Å². The fraction of sp³-hybridized carbons (Fsp3) is 0.292. The van der Waals surface area contributed by atoms with Crippen molar-refractivity contribution in [1.82, 2.24) is 10.2 Å². The van der Waals surface area contributed by atoms with Gasteiger partial charge in [-0.15, -0.1) is 0 Å². The van der Waals surface area contributed by atoms with Gasteiger partial charge in [0, 0.05) is 31.3 Å². The van der Waals surface area contributed by atoms with Crippen LogP contribution in [-0.4, -0.2) is 23.9 Å². The SMILES string of the molecule is C=C1Cc2ccccc2C2(CCN(C(=O)/C=C/c3ccccc3C(F)(F)F)CC2)N1. The minimum Gasteiger partial charge on any atom is -0.379 e. The van der Waals surface area contributed by atoms with Gasteiger partial charge in [-0.2, -0.15) is 13.2 Å². The lowest BCUT2D eigenvalue weighted by Crippen LogP contribution is -2.53. The summed E-state index contributed by atoms with van der Waals surface area (Å²) in [5, 5.41) is 3.55. The molecule has 6 heteroatoms. The molecule has 3 nitrogen and oxygen atoms in total. The highest BCUT2D eigenvalue weighted by Crippen LogP contribution is 2.39. The zero-order valence-corrected chi connectivity index (χ0v) is 16.5. The number of hydrogen-bond donors (Lipinski definition) is 1. The lowest BCUT2D eigenvalue weighted by molar-refractivity contribution is -0.137. The quantitative estimate of drug-likeness (QED) is 0.712. The van der Waals surface area contributed by atoms with Crippen LogP contribution in [0.15, 0.2) is 66.9 Å². The Hall–Kier alpha value is -3.02. The summed E-state index contributed by atoms with van der Waals surface area (Å²) < 4.78 is 39.4. The van der Waals surface area contributed by atoms with Gasteiger partial charge in [0.05, 0.1) is 11.1 Å². The van der Waals surface area contributed by atoms with E-state index in [2.05, 4.69) is 24.0 Å². The van der Waals surface area contributed by atoms with Crippen LogP contribution in [0, 0.1) is 0 Å². The number of amides is 1. The average molecular weight is 412 g/mol. The highest BCUT2D eigenvalue weighted by molar-refractivity contribution is 5.92. The Morgan fingerprint density at radius 3 is 2.47 bits per heavy atom. The highest BCUT2D eigenvalue weighted by Gasteiger charge is 2.40. The normalized spacial score (nSPS) is 18.4. The van der Waals surface area contributed by atoms with Gasteiger partial charge in [0.15, 0.2) is 0 Å². The third-order valence-electron chi connectivity index (χ3n) is 5.95. The Kier molecular flexibility index (Phi) is 5.18. The molecule has 0 saturated carbocycles. The van der Waals surface area contributed by atoms with Gasteiger partial charge in [0.25, 0.3) is 0 Å². The zero-order valence-electron chi connectivity index (χ0n) is 16.5. The molecule has 0 aromatic heterocycles. The van der Waals surface area contributed by atoms with E-state index in [1.807, 2.05) is 12.1 Å². The van der Waals surface area contributed by atoms with Gasteiger partial charge in [-0.3, -0.25) is 4.79 Å². The first-order valence-corrected chi connectivity index (χ1v) is 9.96. The predicted octanol–water partition coefficient (Wildman–Crippen LogP) is 4.90. The van der Waals surface area contributed by atoms with Gasteiger partial charge < -0.3 is 10.2 Å². The van der Waals surface area contributed by atoms with E-state index < -0.39 is 11.7 Å². The molecule has 2 heterocycles. The van der Waals surface area contributed by atoms with Gasteiger partial charge >= 0.3 is 6.18 Å². The second-order valence-electron chi connectivity index (χ2n) is 7.89. The Morgan fingerprint density at radius 2 is 1.73 bits per heavy atom. The summed E-state index contributed by atoms with van der Waals surface area (Å²) in [7, 11) is 0. The number of nitrogens with zero attached hydrogens (tertiary/aromatic N) is 1. The van der Waals surface area contributed by atoms with Crippen LogP contribution in [-0.2, 0) is 22.9 Å². The van der Waals surface area contributed by atoms with Crippen molar-refractivity contribution in [2.45, 2.75) is 31.0 Å². The van der Waals surface area contributed by atoms with Crippen molar-refractivity contribution in [3.8, 4) is 0 Å². The van der Waals surface area contributed by atoms with Crippen LogP contribution in [0.3, 0.4) is 0 Å². The van der Waals surface area contributed by atoms with E-state index in [-0.39, 0.29) is 17.0 Å². The molecule has 1 spiro atoms. The third-order valence-corrected chi connectivity index (χ3v) is 5.95. The molecule has 2 aromatic rings. The summed E-state index contributed by atoms with van der Waals surface area (Å²) in [5.74, 6) is -0.273. The molecule has 1 fully saturated rings. The molecule has 1 amide bonds. The predicted molar refractivity (Wildman–Crippen MR) is 110 cm³/mol. The lowest BCUT2D eigenvalue weighted by atomic mass is 9.75. The van der Waals surface area contributed by atoms with Crippen LogP contribution < -0.4 is 5.32 Å². The number of benzene rings is 2. The van der Waals surface area contributed by atoms with Crippen molar-refractivity contribution < 1.29 is 18.0 Å².